The minimum atomic E-state index is -0.307. The number of aromatic nitrogens is 2. The van der Waals surface area contributed by atoms with Crippen LogP contribution in [0.3, 0.4) is 0 Å². The quantitative estimate of drug-likeness (QED) is 0.693. The van der Waals surface area contributed by atoms with Crippen LogP contribution in [0.4, 0.5) is 11.5 Å². The van der Waals surface area contributed by atoms with Crippen molar-refractivity contribution in [2.45, 2.75) is 13.5 Å². The molecule has 0 saturated carbocycles. The molecule has 0 saturated heterocycles. The number of hydrogen-bond donors (Lipinski definition) is 1. The standard InChI is InChI=1S/C21H22N4O2/c1-3-25(14-16-9-5-4-6-10-16)20-13-18(22-15-23-20)21(26)24-17-11-7-8-12-19(17)27-2/h4-13,15H,3,14H2,1-2H3,(H,24,26). The summed E-state index contributed by atoms with van der Waals surface area (Å²) in [6.07, 6.45) is 1.42. The fraction of sp³-hybridized carbons (Fsp3) is 0.190. The summed E-state index contributed by atoms with van der Waals surface area (Å²) in [4.78, 5) is 23.2. The van der Waals surface area contributed by atoms with E-state index in [0.29, 0.717) is 29.5 Å². The molecule has 0 aliphatic heterocycles. The monoisotopic (exact) mass is 362 g/mol. The van der Waals surface area contributed by atoms with Crippen molar-refractivity contribution in [1.29, 1.82) is 0 Å². The Morgan fingerprint density at radius 1 is 1.07 bits per heavy atom. The molecule has 3 aromatic rings. The highest BCUT2D eigenvalue weighted by molar-refractivity contribution is 6.04. The van der Waals surface area contributed by atoms with E-state index in [0.717, 1.165) is 6.54 Å². The third-order valence-electron chi connectivity index (χ3n) is 4.16. The largest absolute Gasteiger partial charge is 0.495 e. The van der Waals surface area contributed by atoms with Gasteiger partial charge in [0, 0.05) is 19.2 Å². The van der Waals surface area contributed by atoms with Crippen molar-refractivity contribution in [3.63, 3.8) is 0 Å². The molecular formula is C21H22N4O2. The first-order valence-electron chi connectivity index (χ1n) is 8.76. The van der Waals surface area contributed by atoms with Gasteiger partial charge in [-0.2, -0.15) is 0 Å². The number of para-hydroxylation sites is 2. The Kier molecular flexibility index (Phi) is 5.99. The number of rotatable bonds is 7. The maximum atomic E-state index is 12.6. The molecule has 138 valence electrons. The molecule has 1 N–H and O–H groups in total. The molecule has 6 nitrogen and oxygen atoms in total. The van der Waals surface area contributed by atoms with Gasteiger partial charge >= 0.3 is 0 Å². The maximum absolute atomic E-state index is 12.6. The average Bonchev–Trinajstić information content (AvgIpc) is 2.73. The number of ether oxygens (including phenoxy) is 1. The number of nitrogens with one attached hydrogen (secondary N) is 1. The van der Waals surface area contributed by atoms with E-state index in [1.165, 1.54) is 11.9 Å². The van der Waals surface area contributed by atoms with E-state index in [1.54, 1.807) is 25.3 Å². The van der Waals surface area contributed by atoms with Crippen molar-refractivity contribution in [3.05, 3.63) is 78.2 Å². The second-order valence-corrected chi connectivity index (χ2v) is 5.92. The minimum Gasteiger partial charge on any atom is -0.495 e. The lowest BCUT2D eigenvalue weighted by Crippen LogP contribution is -2.24. The molecule has 2 aromatic carbocycles. The molecule has 0 aliphatic rings. The van der Waals surface area contributed by atoms with Crippen LogP contribution in [0.2, 0.25) is 0 Å². The molecule has 0 fully saturated rings. The third kappa shape index (κ3) is 4.61. The van der Waals surface area contributed by atoms with E-state index in [1.807, 2.05) is 30.3 Å². The van der Waals surface area contributed by atoms with Crippen molar-refractivity contribution in [3.8, 4) is 5.75 Å². The number of amides is 1. The molecule has 0 aliphatic carbocycles. The Morgan fingerprint density at radius 3 is 2.56 bits per heavy atom. The fourth-order valence-electron chi connectivity index (χ4n) is 2.74. The van der Waals surface area contributed by atoms with Crippen LogP contribution in [0.1, 0.15) is 23.0 Å². The van der Waals surface area contributed by atoms with Crippen LogP contribution in [0.25, 0.3) is 0 Å². The average molecular weight is 362 g/mol. The van der Waals surface area contributed by atoms with Crippen LogP contribution in [-0.2, 0) is 6.54 Å². The highest BCUT2D eigenvalue weighted by Gasteiger charge is 2.14. The highest BCUT2D eigenvalue weighted by Crippen LogP contribution is 2.24. The van der Waals surface area contributed by atoms with Crippen LogP contribution in [-0.4, -0.2) is 29.5 Å². The molecule has 0 bridgehead atoms. The van der Waals surface area contributed by atoms with Crippen molar-refractivity contribution in [2.24, 2.45) is 0 Å². The first kappa shape index (κ1) is 18.4. The third-order valence-corrected chi connectivity index (χ3v) is 4.16. The Balaban J connectivity index is 1.78. The van der Waals surface area contributed by atoms with Gasteiger partial charge in [0.05, 0.1) is 12.8 Å². The van der Waals surface area contributed by atoms with Gasteiger partial charge in [-0.15, -0.1) is 0 Å². The Labute approximate surface area is 158 Å². The summed E-state index contributed by atoms with van der Waals surface area (Å²) in [5.41, 5.74) is 2.08. The number of benzene rings is 2. The maximum Gasteiger partial charge on any atom is 0.274 e. The van der Waals surface area contributed by atoms with Crippen LogP contribution in [0, 0.1) is 0 Å². The van der Waals surface area contributed by atoms with Gasteiger partial charge < -0.3 is 15.0 Å². The van der Waals surface area contributed by atoms with Gasteiger partial charge in [-0.1, -0.05) is 42.5 Å². The van der Waals surface area contributed by atoms with E-state index in [2.05, 4.69) is 39.2 Å². The van der Waals surface area contributed by atoms with Gasteiger partial charge in [-0.3, -0.25) is 4.79 Å². The van der Waals surface area contributed by atoms with Crippen molar-refractivity contribution in [2.75, 3.05) is 23.9 Å². The van der Waals surface area contributed by atoms with Crippen LogP contribution >= 0.6 is 0 Å². The van der Waals surface area contributed by atoms with E-state index in [4.69, 9.17) is 4.74 Å². The van der Waals surface area contributed by atoms with Gasteiger partial charge in [0.15, 0.2) is 0 Å². The number of methoxy groups -OCH3 is 1. The molecule has 6 heteroatoms. The number of hydrogen-bond acceptors (Lipinski definition) is 5. The lowest BCUT2D eigenvalue weighted by atomic mass is 10.2. The molecule has 0 radical (unpaired) electrons. The second-order valence-electron chi connectivity index (χ2n) is 5.92. The molecule has 0 spiro atoms. The fourth-order valence-corrected chi connectivity index (χ4v) is 2.74. The van der Waals surface area contributed by atoms with Gasteiger partial charge in [-0.05, 0) is 24.6 Å². The number of nitrogens with zero attached hydrogens (tertiary/aromatic N) is 3. The van der Waals surface area contributed by atoms with Crippen molar-refractivity contribution in [1.82, 2.24) is 9.97 Å². The van der Waals surface area contributed by atoms with Gasteiger partial charge in [-0.25, -0.2) is 9.97 Å². The molecule has 0 atom stereocenters. The van der Waals surface area contributed by atoms with Crippen molar-refractivity contribution >= 4 is 17.4 Å². The molecule has 0 unspecified atom stereocenters. The lowest BCUT2D eigenvalue weighted by Gasteiger charge is -2.22. The SMILES string of the molecule is CCN(Cc1ccccc1)c1cc(C(=O)Nc2ccccc2OC)ncn1. The summed E-state index contributed by atoms with van der Waals surface area (Å²) < 4.78 is 5.27. The lowest BCUT2D eigenvalue weighted by molar-refractivity contribution is 0.102. The molecular weight excluding hydrogens is 340 g/mol. The Bertz CT molecular complexity index is 899. The zero-order valence-corrected chi connectivity index (χ0v) is 15.4. The summed E-state index contributed by atoms with van der Waals surface area (Å²) >= 11 is 0. The number of carbonyl (C=O) groups is 1. The Morgan fingerprint density at radius 2 is 1.81 bits per heavy atom. The van der Waals surface area contributed by atoms with Gasteiger partial charge in [0.2, 0.25) is 0 Å². The van der Waals surface area contributed by atoms with Crippen molar-refractivity contribution < 1.29 is 9.53 Å². The first-order valence-corrected chi connectivity index (χ1v) is 8.76. The zero-order chi connectivity index (χ0) is 19.1. The summed E-state index contributed by atoms with van der Waals surface area (Å²) in [7, 11) is 1.57. The normalized spacial score (nSPS) is 10.3. The van der Waals surface area contributed by atoms with Crippen LogP contribution < -0.4 is 15.0 Å². The molecule has 1 heterocycles. The Hall–Kier alpha value is -3.41. The number of anilines is 2. The molecule has 3 rings (SSSR count). The second kappa shape index (κ2) is 8.80. The topological polar surface area (TPSA) is 67.4 Å². The predicted octanol–water partition coefficient (Wildman–Crippen LogP) is 3.76. The summed E-state index contributed by atoms with van der Waals surface area (Å²) in [5.74, 6) is 1.000. The summed E-state index contributed by atoms with van der Waals surface area (Å²) in [6.45, 7) is 3.53. The molecule has 27 heavy (non-hydrogen) atoms. The molecule has 1 amide bonds. The van der Waals surface area contributed by atoms with Gasteiger partial charge in [0.25, 0.3) is 5.91 Å². The van der Waals surface area contributed by atoms with E-state index in [9.17, 15) is 4.79 Å². The molecule has 1 aromatic heterocycles. The highest BCUT2D eigenvalue weighted by atomic mass is 16.5. The summed E-state index contributed by atoms with van der Waals surface area (Å²) in [6, 6.07) is 19.1. The number of carbonyl (C=O) groups excluding carboxylic acids is 1. The zero-order valence-electron chi connectivity index (χ0n) is 15.4. The smallest absolute Gasteiger partial charge is 0.274 e. The van der Waals surface area contributed by atoms with E-state index in [-0.39, 0.29) is 5.91 Å². The summed E-state index contributed by atoms with van der Waals surface area (Å²) in [5, 5.41) is 2.84. The first-order chi connectivity index (χ1) is 13.2. The minimum absolute atomic E-state index is 0.303. The van der Waals surface area contributed by atoms with Crippen LogP contribution in [0.5, 0.6) is 5.75 Å². The van der Waals surface area contributed by atoms with Gasteiger partial charge in [0.1, 0.15) is 23.6 Å². The van der Waals surface area contributed by atoms with E-state index >= 15 is 0 Å². The predicted molar refractivity (Wildman–Crippen MR) is 106 cm³/mol. The van der Waals surface area contributed by atoms with E-state index < -0.39 is 0 Å². The van der Waals surface area contributed by atoms with Crippen LogP contribution in [0.15, 0.2) is 67.0 Å².